The van der Waals surface area contributed by atoms with Gasteiger partial charge >= 0.3 is 0 Å². The summed E-state index contributed by atoms with van der Waals surface area (Å²) in [7, 11) is 3.73. The average molecular weight is 428 g/mol. The maximum atomic E-state index is 12.8. The molecule has 25 heavy (non-hydrogen) atoms. The van der Waals surface area contributed by atoms with E-state index in [0.717, 1.165) is 48.0 Å². The molecule has 0 spiro atoms. The summed E-state index contributed by atoms with van der Waals surface area (Å²) in [6.07, 6.45) is 4.18. The lowest BCUT2D eigenvalue weighted by Gasteiger charge is -2.17. The lowest BCUT2D eigenvalue weighted by atomic mass is 9.95. The maximum Gasteiger partial charge on any atom is 0.274 e. The van der Waals surface area contributed by atoms with E-state index >= 15 is 0 Å². The van der Waals surface area contributed by atoms with E-state index in [9.17, 15) is 4.79 Å². The molecule has 0 fully saturated rings. The van der Waals surface area contributed by atoms with E-state index in [-0.39, 0.29) is 18.3 Å². The fraction of sp³-hybridized carbons (Fsp3) is 0.444. The van der Waals surface area contributed by atoms with Crippen molar-refractivity contribution >= 4 is 34.2 Å². The molecule has 0 saturated heterocycles. The van der Waals surface area contributed by atoms with Crippen LogP contribution in [0.2, 0.25) is 0 Å². The molecule has 0 unspecified atom stereocenters. The number of carbonyl (C=O) groups excluding carboxylic acids is 1. The summed E-state index contributed by atoms with van der Waals surface area (Å²) in [4.78, 5) is 14.6. The molecule has 3 rings (SSSR count). The standard InChI is InChI=1S/C18H23BrN4O.ClH/c1-20-10-11-22(2)18(24)17-15-8-3-4-9-16(15)23(21-17)14-7-5-6-13(19)12-14;/h5-7,12,20H,3-4,8-11H2,1-2H3;1H. The van der Waals surface area contributed by atoms with Crippen molar-refractivity contribution < 1.29 is 4.79 Å². The summed E-state index contributed by atoms with van der Waals surface area (Å²) < 4.78 is 2.97. The number of halogens is 2. The first-order valence-corrected chi connectivity index (χ1v) is 9.18. The molecule has 1 aromatic carbocycles. The summed E-state index contributed by atoms with van der Waals surface area (Å²) in [6, 6.07) is 8.07. The van der Waals surface area contributed by atoms with E-state index < -0.39 is 0 Å². The minimum Gasteiger partial charge on any atom is -0.339 e. The summed E-state index contributed by atoms with van der Waals surface area (Å²) in [5.41, 5.74) is 3.93. The highest BCUT2D eigenvalue weighted by molar-refractivity contribution is 9.10. The van der Waals surface area contributed by atoms with Crippen molar-refractivity contribution in [2.45, 2.75) is 25.7 Å². The molecule has 0 radical (unpaired) electrons. The van der Waals surface area contributed by atoms with Gasteiger partial charge in [0.15, 0.2) is 5.69 Å². The third-order valence-corrected chi connectivity index (χ3v) is 4.97. The lowest BCUT2D eigenvalue weighted by Crippen LogP contribution is -2.33. The zero-order valence-electron chi connectivity index (χ0n) is 14.6. The molecule has 0 aliphatic heterocycles. The Morgan fingerprint density at radius 1 is 1.36 bits per heavy atom. The largest absolute Gasteiger partial charge is 0.339 e. The Kier molecular flexibility index (Phi) is 7.04. The molecular formula is C18H24BrClN4O. The van der Waals surface area contributed by atoms with E-state index in [1.165, 1.54) is 5.69 Å². The van der Waals surface area contributed by atoms with Gasteiger partial charge in [-0.2, -0.15) is 5.10 Å². The van der Waals surface area contributed by atoms with Crippen LogP contribution in [0, 0.1) is 0 Å². The van der Waals surface area contributed by atoms with Crippen molar-refractivity contribution in [1.82, 2.24) is 20.0 Å². The summed E-state index contributed by atoms with van der Waals surface area (Å²) >= 11 is 3.52. The van der Waals surface area contributed by atoms with Gasteiger partial charge in [0, 0.05) is 35.9 Å². The number of benzene rings is 1. The Balaban J connectivity index is 0.00000225. The van der Waals surface area contributed by atoms with Crippen LogP contribution in [0.5, 0.6) is 0 Å². The van der Waals surface area contributed by atoms with Gasteiger partial charge in [-0.3, -0.25) is 4.79 Å². The highest BCUT2D eigenvalue weighted by Gasteiger charge is 2.27. The van der Waals surface area contributed by atoms with Crippen LogP contribution in [0.15, 0.2) is 28.7 Å². The van der Waals surface area contributed by atoms with Crippen LogP contribution in [0.4, 0.5) is 0 Å². The van der Waals surface area contributed by atoms with Gasteiger partial charge in [0.2, 0.25) is 0 Å². The second kappa shape index (κ2) is 8.83. The Hall–Kier alpha value is -1.37. The van der Waals surface area contributed by atoms with Crippen LogP contribution in [-0.2, 0) is 12.8 Å². The lowest BCUT2D eigenvalue weighted by molar-refractivity contribution is 0.0789. The molecule has 1 heterocycles. The number of hydrogen-bond acceptors (Lipinski definition) is 3. The Labute approximate surface area is 163 Å². The molecule has 0 saturated carbocycles. The van der Waals surface area contributed by atoms with E-state index in [4.69, 9.17) is 5.10 Å². The summed E-state index contributed by atoms with van der Waals surface area (Å²) in [5.74, 6) is 0.0112. The minimum absolute atomic E-state index is 0. The van der Waals surface area contributed by atoms with Gasteiger partial charge < -0.3 is 10.2 Å². The first-order chi connectivity index (χ1) is 11.6. The topological polar surface area (TPSA) is 50.2 Å². The number of carbonyl (C=O) groups is 1. The molecule has 1 amide bonds. The summed E-state index contributed by atoms with van der Waals surface area (Å²) in [5, 5.41) is 7.80. The Morgan fingerprint density at radius 2 is 2.12 bits per heavy atom. The first kappa shape index (κ1) is 19.9. The number of rotatable bonds is 5. The average Bonchev–Trinajstić information content (AvgIpc) is 2.98. The van der Waals surface area contributed by atoms with E-state index in [0.29, 0.717) is 12.2 Å². The molecule has 0 bridgehead atoms. The van der Waals surface area contributed by atoms with Gasteiger partial charge in [0.25, 0.3) is 5.91 Å². The zero-order valence-corrected chi connectivity index (χ0v) is 17.0. The number of likely N-dealkylation sites (N-methyl/N-ethyl adjacent to an activating group) is 2. The summed E-state index contributed by atoms with van der Waals surface area (Å²) in [6.45, 7) is 1.45. The molecule has 136 valence electrons. The molecule has 2 aromatic rings. The van der Waals surface area contributed by atoms with Gasteiger partial charge in [-0.1, -0.05) is 22.0 Å². The number of hydrogen-bond donors (Lipinski definition) is 1. The predicted molar refractivity (Wildman–Crippen MR) is 106 cm³/mol. The molecule has 0 atom stereocenters. The molecule has 7 heteroatoms. The smallest absolute Gasteiger partial charge is 0.274 e. The van der Waals surface area contributed by atoms with Crippen molar-refractivity contribution in [3.63, 3.8) is 0 Å². The fourth-order valence-corrected chi connectivity index (χ4v) is 3.54. The Bertz CT molecular complexity index is 747. The van der Waals surface area contributed by atoms with Crippen LogP contribution in [0.3, 0.4) is 0 Å². The number of nitrogens with zero attached hydrogens (tertiary/aromatic N) is 3. The van der Waals surface area contributed by atoms with Gasteiger partial charge in [0.05, 0.1) is 5.69 Å². The monoisotopic (exact) mass is 426 g/mol. The molecule has 1 aliphatic rings. The second-order valence-electron chi connectivity index (χ2n) is 6.20. The van der Waals surface area contributed by atoms with Gasteiger partial charge in [0.1, 0.15) is 0 Å². The van der Waals surface area contributed by atoms with Crippen molar-refractivity contribution in [3.05, 3.63) is 45.7 Å². The van der Waals surface area contributed by atoms with Crippen LogP contribution >= 0.6 is 28.3 Å². The van der Waals surface area contributed by atoms with Gasteiger partial charge in [-0.25, -0.2) is 4.68 Å². The number of fused-ring (bicyclic) bond motifs is 1. The molecule has 1 aliphatic carbocycles. The van der Waals surface area contributed by atoms with Crippen LogP contribution in [0.25, 0.3) is 5.69 Å². The molecule has 1 aromatic heterocycles. The van der Waals surface area contributed by atoms with E-state index in [2.05, 4.69) is 21.2 Å². The normalized spacial score (nSPS) is 13.1. The molecule has 5 nitrogen and oxygen atoms in total. The SMILES string of the molecule is CNCCN(C)C(=O)c1nn(-c2cccc(Br)c2)c2c1CCCC2.Cl. The fourth-order valence-electron chi connectivity index (χ4n) is 3.15. The quantitative estimate of drug-likeness (QED) is 0.797. The minimum atomic E-state index is 0. The number of amides is 1. The predicted octanol–water partition coefficient (Wildman–Crippen LogP) is 3.23. The third kappa shape index (κ3) is 4.25. The van der Waals surface area contributed by atoms with Crippen LogP contribution in [0.1, 0.15) is 34.6 Å². The molecular weight excluding hydrogens is 404 g/mol. The number of nitrogens with one attached hydrogen (secondary N) is 1. The highest BCUT2D eigenvalue weighted by atomic mass is 79.9. The Morgan fingerprint density at radius 3 is 2.84 bits per heavy atom. The van der Waals surface area contributed by atoms with Crippen molar-refractivity contribution in [3.8, 4) is 5.69 Å². The second-order valence-corrected chi connectivity index (χ2v) is 7.12. The third-order valence-electron chi connectivity index (χ3n) is 4.48. The van der Waals surface area contributed by atoms with Gasteiger partial charge in [-0.15, -0.1) is 12.4 Å². The van der Waals surface area contributed by atoms with Crippen molar-refractivity contribution in [2.75, 3.05) is 27.2 Å². The number of aromatic nitrogens is 2. The van der Waals surface area contributed by atoms with Crippen molar-refractivity contribution in [1.29, 1.82) is 0 Å². The first-order valence-electron chi connectivity index (χ1n) is 8.38. The van der Waals surface area contributed by atoms with Crippen molar-refractivity contribution in [2.24, 2.45) is 0 Å². The van der Waals surface area contributed by atoms with Crippen LogP contribution < -0.4 is 5.32 Å². The maximum absolute atomic E-state index is 12.8. The molecule has 1 N–H and O–H groups in total. The van der Waals surface area contributed by atoms with E-state index in [1.54, 1.807) is 4.90 Å². The van der Waals surface area contributed by atoms with Gasteiger partial charge in [-0.05, 0) is 50.9 Å². The highest BCUT2D eigenvalue weighted by Crippen LogP contribution is 2.28. The zero-order chi connectivity index (χ0) is 17.1. The van der Waals surface area contributed by atoms with E-state index in [1.807, 2.05) is 43.0 Å². The van der Waals surface area contributed by atoms with Crippen LogP contribution in [-0.4, -0.2) is 47.8 Å².